The van der Waals surface area contributed by atoms with Crippen LogP contribution in [0.25, 0.3) is 67.5 Å². The summed E-state index contributed by atoms with van der Waals surface area (Å²) in [5, 5.41) is 0. The van der Waals surface area contributed by atoms with E-state index in [1.807, 2.05) is 24.3 Å². The van der Waals surface area contributed by atoms with Crippen LogP contribution in [0, 0.1) is 0 Å². The van der Waals surface area contributed by atoms with Crippen LogP contribution in [0.15, 0.2) is 200 Å². The molecular weight excluding hydrogens is 703 g/mol. The van der Waals surface area contributed by atoms with Gasteiger partial charge in [-0.15, -0.1) is 0 Å². The third-order valence-electron chi connectivity index (χ3n) is 12.4. The second-order valence-electron chi connectivity index (χ2n) is 16.0. The van der Waals surface area contributed by atoms with Gasteiger partial charge in [-0.1, -0.05) is 208 Å². The number of fused-ring (bicyclic) bond motifs is 9. The summed E-state index contributed by atoms with van der Waals surface area (Å²) in [4.78, 5) is 15.4. The Morgan fingerprint density at radius 3 is 1.16 bits per heavy atom. The summed E-state index contributed by atoms with van der Waals surface area (Å²) in [7, 11) is 0. The molecule has 2 aliphatic carbocycles. The van der Waals surface area contributed by atoms with Crippen LogP contribution in [0.2, 0.25) is 0 Å². The zero-order valence-electron chi connectivity index (χ0n) is 32.4. The highest BCUT2D eigenvalue weighted by Gasteiger charge is 2.53. The highest BCUT2D eigenvalue weighted by atomic mass is 15.0. The summed E-state index contributed by atoms with van der Waals surface area (Å²) in [6.07, 6.45) is 0. The van der Waals surface area contributed by atoms with E-state index in [0.29, 0.717) is 17.5 Å². The quantitative estimate of drug-likeness (QED) is 0.176. The smallest absolute Gasteiger partial charge is 0.164 e. The van der Waals surface area contributed by atoms with Crippen molar-refractivity contribution < 1.29 is 0 Å². The lowest BCUT2D eigenvalue weighted by Crippen LogP contribution is -2.40. The first-order valence-corrected chi connectivity index (χ1v) is 20.0. The van der Waals surface area contributed by atoms with Gasteiger partial charge in [0.15, 0.2) is 17.5 Å². The van der Waals surface area contributed by atoms with Crippen molar-refractivity contribution >= 4 is 0 Å². The molecule has 0 bridgehead atoms. The van der Waals surface area contributed by atoms with E-state index < -0.39 is 5.41 Å². The summed E-state index contributed by atoms with van der Waals surface area (Å²) in [6, 6.07) is 72.0. The lowest BCUT2D eigenvalue weighted by Gasteiger charge is -2.46. The maximum Gasteiger partial charge on any atom is 0.164 e. The van der Waals surface area contributed by atoms with Crippen molar-refractivity contribution in [2.75, 3.05) is 0 Å². The molecular formula is C55H39N3. The highest BCUT2D eigenvalue weighted by molar-refractivity contribution is 5.90. The first kappa shape index (κ1) is 34.1. The molecule has 2 aliphatic rings. The first-order chi connectivity index (χ1) is 28.5. The van der Waals surface area contributed by atoms with Crippen LogP contribution in [0.1, 0.15) is 47.2 Å². The predicted octanol–water partition coefficient (Wildman–Crippen LogP) is 13.2. The average molecular weight is 742 g/mol. The molecule has 0 fully saturated rings. The van der Waals surface area contributed by atoms with E-state index >= 15 is 0 Å². The largest absolute Gasteiger partial charge is 0.208 e. The lowest BCUT2D eigenvalue weighted by molar-refractivity contribution is 0.563. The van der Waals surface area contributed by atoms with Gasteiger partial charge in [-0.3, -0.25) is 0 Å². The van der Waals surface area contributed by atoms with Gasteiger partial charge in [-0.05, 0) is 72.8 Å². The molecule has 0 amide bonds. The highest BCUT2D eigenvalue weighted by Crippen LogP contribution is 2.62. The minimum Gasteiger partial charge on any atom is -0.208 e. The molecule has 0 saturated heterocycles. The second kappa shape index (κ2) is 13.2. The topological polar surface area (TPSA) is 38.7 Å². The van der Waals surface area contributed by atoms with Crippen molar-refractivity contribution in [3.8, 4) is 67.5 Å². The summed E-state index contributed by atoms with van der Waals surface area (Å²) < 4.78 is 0. The van der Waals surface area contributed by atoms with E-state index in [1.54, 1.807) is 0 Å². The Labute approximate surface area is 339 Å². The van der Waals surface area contributed by atoms with Crippen LogP contribution in [0.4, 0.5) is 0 Å². The average Bonchev–Trinajstić information content (AvgIpc) is 3.59. The van der Waals surface area contributed by atoms with Crippen LogP contribution in [0.5, 0.6) is 0 Å². The van der Waals surface area contributed by atoms with Crippen LogP contribution in [0.3, 0.4) is 0 Å². The molecule has 58 heavy (non-hydrogen) atoms. The second-order valence-corrected chi connectivity index (χ2v) is 16.0. The third kappa shape index (κ3) is 5.17. The van der Waals surface area contributed by atoms with E-state index in [4.69, 9.17) is 15.0 Å². The Kier molecular flexibility index (Phi) is 7.74. The van der Waals surface area contributed by atoms with Gasteiger partial charge in [0.2, 0.25) is 0 Å². The van der Waals surface area contributed by atoms with Crippen molar-refractivity contribution in [2.24, 2.45) is 0 Å². The fourth-order valence-corrected chi connectivity index (χ4v) is 9.65. The molecule has 3 heteroatoms. The van der Waals surface area contributed by atoms with Crippen molar-refractivity contribution in [1.82, 2.24) is 15.0 Å². The Bertz CT molecular complexity index is 2950. The fourth-order valence-electron chi connectivity index (χ4n) is 9.65. The van der Waals surface area contributed by atoms with Crippen LogP contribution in [-0.2, 0) is 10.8 Å². The summed E-state index contributed by atoms with van der Waals surface area (Å²) in [5.41, 5.74) is 17.5. The number of aromatic nitrogens is 3. The molecule has 1 heterocycles. The van der Waals surface area contributed by atoms with Gasteiger partial charge in [0.05, 0.1) is 5.41 Å². The number of hydrogen-bond donors (Lipinski definition) is 0. The molecule has 0 N–H and O–H groups in total. The van der Waals surface area contributed by atoms with Gasteiger partial charge < -0.3 is 0 Å². The molecule has 11 rings (SSSR count). The molecule has 0 radical (unpaired) electrons. The van der Waals surface area contributed by atoms with Gasteiger partial charge in [-0.25, -0.2) is 15.0 Å². The normalized spacial score (nSPS) is 14.0. The number of nitrogens with zero attached hydrogens (tertiary/aromatic N) is 3. The van der Waals surface area contributed by atoms with Crippen molar-refractivity contribution in [3.63, 3.8) is 0 Å². The van der Waals surface area contributed by atoms with Crippen LogP contribution in [-0.4, -0.2) is 15.0 Å². The Morgan fingerprint density at radius 2 is 0.621 bits per heavy atom. The Balaban J connectivity index is 1.04. The molecule has 0 saturated carbocycles. The molecule has 0 atom stereocenters. The van der Waals surface area contributed by atoms with Gasteiger partial charge in [0.25, 0.3) is 0 Å². The number of rotatable bonds is 5. The van der Waals surface area contributed by atoms with Gasteiger partial charge >= 0.3 is 0 Å². The van der Waals surface area contributed by atoms with Gasteiger partial charge in [0, 0.05) is 22.1 Å². The molecule has 274 valence electrons. The van der Waals surface area contributed by atoms with Crippen molar-refractivity contribution in [2.45, 2.75) is 24.7 Å². The maximum absolute atomic E-state index is 5.20. The van der Waals surface area contributed by atoms with Crippen LogP contribution < -0.4 is 0 Å². The van der Waals surface area contributed by atoms with Gasteiger partial charge in [0.1, 0.15) is 0 Å². The minimum absolute atomic E-state index is 0.142. The Hall–Kier alpha value is -7.23. The van der Waals surface area contributed by atoms with Crippen molar-refractivity contribution in [1.29, 1.82) is 0 Å². The fraction of sp³-hybridized carbons (Fsp3) is 0.0727. The SMILES string of the molecule is CC1(C)c2ccccc2C2(c3ccccc3-c3cc(-c4nc(-c5ccccc5)nc(-c5ccc(-c6ccc(-c7ccccc7)cc6)cc5)n4)ccc32)c2ccccc21. The van der Waals surface area contributed by atoms with E-state index in [2.05, 4.69) is 190 Å². The van der Waals surface area contributed by atoms with Crippen LogP contribution >= 0.6 is 0 Å². The van der Waals surface area contributed by atoms with E-state index in [0.717, 1.165) is 27.8 Å². The third-order valence-corrected chi connectivity index (χ3v) is 12.4. The van der Waals surface area contributed by atoms with E-state index in [9.17, 15) is 0 Å². The first-order valence-electron chi connectivity index (χ1n) is 20.0. The van der Waals surface area contributed by atoms with E-state index in [-0.39, 0.29) is 5.41 Å². The molecule has 0 unspecified atom stereocenters. The summed E-state index contributed by atoms with van der Waals surface area (Å²) >= 11 is 0. The molecule has 0 aliphatic heterocycles. The molecule has 3 nitrogen and oxygen atoms in total. The van der Waals surface area contributed by atoms with Gasteiger partial charge in [-0.2, -0.15) is 0 Å². The lowest BCUT2D eigenvalue weighted by atomic mass is 9.55. The summed E-state index contributed by atoms with van der Waals surface area (Å²) in [5.74, 6) is 1.94. The monoisotopic (exact) mass is 741 g/mol. The number of hydrogen-bond acceptors (Lipinski definition) is 3. The van der Waals surface area contributed by atoms with E-state index in [1.165, 1.54) is 55.6 Å². The molecule has 9 aromatic rings. The zero-order chi connectivity index (χ0) is 38.8. The molecule has 8 aromatic carbocycles. The predicted molar refractivity (Wildman–Crippen MR) is 236 cm³/mol. The maximum atomic E-state index is 5.20. The minimum atomic E-state index is -0.448. The standard InChI is InChI=1S/C55H39N3/c1-54(2)47-21-11-13-23-49(47)55(50-24-14-12-22-48(50)54)45-20-10-9-19-43(45)44-35-42(33-34-46(44)55)53-57-51(40-17-7-4-8-18-40)56-52(58-53)41-31-29-39(30-32-41)38-27-25-37(26-28-38)36-15-5-3-6-16-36/h3-35H,1-2H3. The molecule has 1 spiro atoms. The summed E-state index contributed by atoms with van der Waals surface area (Å²) in [6.45, 7) is 4.73. The van der Waals surface area contributed by atoms with Crippen molar-refractivity contribution in [3.05, 3.63) is 234 Å². The number of benzene rings is 8. The Morgan fingerprint density at radius 1 is 0.276 bits per heavy atom. The zero-order valence-corrected chi connectivity index (χ0v) is 32.4. The molecule has 1 aromatic heterocycles.